The van der Waals surface area contributed by atoms with Crippen LogP contribution in [0.15, 0.2) is 75.7 Å². The normalized spacial score (nSPS) is 16.4. The van der Waals surface area contributed by atoms with Gasteiger partial charge in [-0.2, -0.15) is 25.6 Å². The zero-order valence-electron chi connectivity index (χ0n) is 35.7. The second-order valence-electron chi connectivity index (χ2n) is 16.3. The van der Waals surface area contributed by atoms with Crippen LogP contribution < -0.4 is 19.6 Å². The number of allylic oxidation sites excluding steroid dienone is 3. The number of ether oxygens (including phenoxy) is 3. The third-order valence-corrected chi connectivity index (χ3v) is 12.4. The first-order chi connectivity index (χ1) is 29.5. The van der Waals surface area contributed by atoms with Crippen molar-refractivity contribution in [3.05, 3.63) is 112 Å². The Kier molecular flexibility index (Phi) is 15.5. The molecule has 2 aromatic carbocycles. The number of hydrogen-bond donors (Lipinski definition) is 2. The summed E-state index contributed by atoms with van der Waals surface area (Å²) in [6, 6.07) is 11.7. The second kappa shape index (κ2) is 19.9. The van der Waals surface area contributed by atoms with Crippen molar-refractivity contribution in [1.82, 2.24) is 4.58 Å². The number of anilines is 1. The quantitative estimate of drug-likeness (QED) is 0.0256. The van der Waals surface area contributed by atoms with E-state index in [-0.39, 0.29) is 37.3 Å². The van der Waals surface area contributed by atoms with Gasteiger partial charge in [-0.25, -0.2) is 13.4 Å². The summed E-state index contributed by atoms with van der Waals surface area (Å²) in [6.45, 7) is 10.1. The molecule has 0 saturated heterocycles. The van der Waals surface area contributed by atoms with Crippen molar-refractivity contribution >= 4 is 38.0 Å². The van der Waals surface area contributed by atoms with E-state index in [1.807, 2.05) is 24.3 Å². The molecule has 0 fully saturated rings. The van der Waals surface area contributed by atoms with Crippen molar-refractivity contribution in [3.63, 3.8) is 0 Å². The van der Waals surface area contributed by atoms with Gasteiger partial charge in [-0.3, -0.25) is 13.9 Å². The molecule has 342 valence electrons. The van der Waals surface area contributed by atoms with Crippen LogP contribution in [0, 0.1) is 23.3 Å². The molecule has 13 nitrogen and oxygen atoms in total. The molecule has 3 aliphatic rings. The monoisotopic (exact) mass is 923 g/mol. The van der Waals surface area contributed by atoms with Crippen molar-refractivity contribution in [1.29, 1.82) is 0 Å². The second-order valence-corrected chi connectivity index (χ2v) is 19.3. The first-order valence-electron chi connectivity index (χ1n) is 19.9. The number of benzene rings is 3. The van der Waals surface area contributed by atoms with Gasteiger partial charge in [0.1, 0.15) is 24.7 Å². The number of halogens is 4. The number of esters is 1. The highest BCUT2D eigenvalue weighted by Gasteiger charge is 2.44. The summed E-state index contributed by atoms with van der Waals surface area (Å²) in [5.41, 5.74) is 1.59. The van der Waals surface area contributed by atoms with E-state index in [1.54, 1.807) is 44.3 Å². The van der Waals surface area contributed by atoms with Crippen LogP contribution >= 0.6 is 0 Å². The van der Waals surface area contributed by atoms with Gasteiger partial charge >= 0.3 is 5.97 Å². The fraction of sp³-hybridized carbons (Fsp3) is 0.409. The van der Waals surface area contributed by atoms with E-state index in [9.17, 15) is 48.3 Å². The molecule has 2 aliphatic heterocycles. The van der Waals surface area contributed by atoms with Gasteiger partial charge in [0.05, 0.1) is 16.7 Å². The Morgan fingerprint density at radius 3 is 2.14 bits per heavy atom. The molecule has 5 rings (SSSR count). The van der Waals surface area contributed by atoms with E-state index in [1.165, 1.54) is 18.2 Å². The summed E-state index contributed by atoms with van der Waals surface area (Å²) in [6.07, 6.45) is 4.42. The molecule has 0 amide bonds. The molecule has 0 spiro atoms. The molecule has 1 aliphatic carbocycles. The molecule has 0 radical (unpaired) electrons. The maximum atomic E-state index is 14.3. The van der Waals surface area contributed by atoms with Crippen LogP contribution in [0.1, 0.15) is 70.3 Å². The lowest BCUT2D eigenvalue weighted by molar-refractivity contribution is -0.135. The highest BCUT2D eigenvalue weighted by atomic mass is 32.2. The molecular formula is C44H51F4N2O11S2+. The Labute approximate surface area is 364 Å². The molecule has 19 heteroatoms. The van der Waals surface area contributed by atoms with E-state index in [4.69, 9.17) is 18.6 Å². The van der Waals surface area contributed by atoms with Crippen molar-refractivity contribution in [3.8, 4) is 17.1 Å². The Hall–Kier alpha value is -4.92. The third-order valence-electron chi connectivity index (χ3n) is 10.7. The van der Waals surface area contributed by atoms with Crippen LogP contribution in [0.3, 0.4) is 0 Å². The topological polar surface area (TPSA) is 173 Å². The smallest absolute Gasteiger partial charge is 0.311 e. The highest BCUT2D eigenvalue weighted by Crippen LogP contribution is 2.51. The van der Waals surface area contributed by atoms with Gasteiger partial charge in [-0.15, -0.1) is 0 Å². The van der Waals surface area contributed by atoms with Gasteiger partial charge < -0.3 is 23.5 Å². The first kappa shape index (κ1) is 49.1. The predicted molar refractivity (Wildman–Crippen MR) is 228 cm³/mol. The number of carbonyl (C=O) groups excluding carboxylic acids is 1. The molecule has 0 saturated carbocycles. The van der Waals surface area contributed by atoms with Crippen molar-refractivity contribution < 1.29 is 66.9 Å². The number of fused-ring (bicyclic) bond motifs is 2. The summed E-state index contributed by atoms with van der Waals surface area (Å²) < 4.78 is 148. The zero-order chi connectivity index (χ0) is 46.5. The molecule has 0 bridgehead atoms. The van der Waals surface area contributed by atoms with Gasteiger partial charge in [-0.05, 0) is 85.2 Å². The Balaban J connectivity index is 1.61. The number of carbonyl (C=O) groups is 1. The Morgan fingerprint density at radius 1 is 0.905 bits per heavy atom. The lowest BCUT2D eigenvalue weighted by Crippen LogP contribution is -2.35. The van der Waals surface area contributed by atoms with E-state index in [0.29, 0.717) is 54.8 Å². The minimum atomic E-state index is -4.73. The van der Waals surface area contributed by atoms with Crippen LogP contribution in [-0.2, 0) is 45.3 Å². The van der Waals surface area contributed by atoms with Crippen molar-refractivity contribution in [2.75, 3.05) is 57.7 Å². The fourth-order valence-electron chi connectivity index (χ4n) is 7.59. The average Bonchev–Trinajstić information content (AvgIpc) is 3.42. The van der Waals surface area contributed by atoms with E-state index >= 15 is 0 Å². The lowest BCUT2D eigenvalue weighted by Gasteiger charge is -2.30. The molecule has 2 N–H and O–H groups in total. The molecule has 2 heterocycles. The van der Waals surface area contributed by atoms with Gasteiger partial charge in [0.25, 0.3) is 20.2 Å². The summed E-state index contributed by atoms with van der Waals surface area (Å²) in [5.74, 6) is -9.64. The van der Waals surface area contributed by atoms with Crippen LogP contribution in [0.4, 0.5) is 23.2 Å². The molecule has 63 heavy (non-hydrogen) atoms. The first-order valence-corrected chi connectivity index (χ1v) is 22.9. The summed E-state index contributed by atoms with van der Waals surface area (Å²) in [5, 5.41) is 0.884. The SMILES string of the molecule is COCC[N+](CCOC)=c1ccc2c(C(C)(C)C)cc(C=CC=C3N(CCCS(=O)(=O)O)c4ccc(S(=O)(=O)O)cc4C3(C)CCCC(=O)Oc3c(F)c(F)cc(F)c3F)oc-2c1. The van der Waals surface area contributed by atoms with Gasteiger partial charge in [0, 0.05) is 61.7 Å². The van der Waals surface area contributed by atoms with Crippen LogP contribution in [-0.4, -0.2) is 84.7 Å². The van der Waals surface area contributed by atoms with E-state index in [0.717, 1.165) is 16.5 Å². The van der Waals surface area contributed by atoms with Gasteiger partial charge in [-0.1, -0.05) is 26.8 Å². The standard InChI is InChI=1S/C44H50F4N2O11S2/c1-43(2,3)32-25-29(60-37-24-28(13-15-31(32)37)49(19-21-58-5)20-22-59-6)10-7-11-38-44(4,17-8-12-39(51)61-42-40(47)34(45)27-35(46)41(42)48)33-26-30(63(55,56)57)14-16-36(33)50(38)18-9-23-62(52,53)54/h7,10-11,13-16,24-27H,8-9,12,17-23H2,1-6H3,(H-,52,53,54,55,56,57)/p+1. The summed E-state index contributed by atoms with van der Waals surface area (Å²) >= 11 is 0. The highest BCUT2D eigenvalue weighted by molar-refractivity contribution is 7.86. The molecule has 1 atom stereocenters. The zero-order valence-corrected chi connectivity index (χ0v) is 37.3. The molecule has 1 unspecified atom stereocenters. The third kappa shape index (κ3) is 11.8. The van der Waals surface area contributed by atoms with E-state index < -0.39 is 77.7 Å². The number of methoxy groups -OCH3 is 2. The number of hydrogen-bond acceptors (Lipinski definition) is 10. The Morgan fingerprint density at radius 2 is 1.56 bits per heavy atom. The van der Waals surface area contributed by atoms with Gasteiger partial charge in [0.2, 0.25) is 22.7 Å². The average molecular weight is 924 g/mol. The lowest BCUT2D eigenvalue weighted by atomic mass is 9.77. The number of nitrogens with zero attached hydrogens (tertiary/aromatic N) is 2. The summed E-state index contributed by atoms with van der Waals surface area (Å²) in [4.78, 5) is 14.1. The minimum Gasteiger partial charge on any atom is -0.456 e. The van der Waals surface area contributed by atoms with Gasteiger partial charge in [0.15, 0.2) is 24.7 Å². The van der Waals surface area contributed by atoms with Crippen LogP contribution in [0.25, 0.3) is 17.4 Å². The fourth-order valence-corrected chi connectivity index (χ4v) is 8.59. The maximum absolute atomic E-state index is 14.3. The Bertz CT molecular complexity index is 2640. The molecule has 2 aromatic rings. The molecular weight excluding hydrogens is 873 g/mol. The largest absolute Gasteiger partial charge is 0.456 e. The summed E-state index contributed by atoms with van der Waals surface area (Å²) in [7, 11) is -5.87. The maximum Gasteiger partial charge on any atom is 0.311 e. The van der Waals surface area contributed by atoms with Crippen LogP contribution in [0.5, 0.6) is 5.75 Å². The van der Waals surface area contributed by atoms with E-state index in [2.05, 4.69) is 25.3 Å². The molecule has 0 aromatic heterocycles. The van der Waals surface area contributed by atoms with Crippen LogP contribution in [0.2, 0.25) is 0 Å². The predicted octanol–water partition coefficient (Wildman–Crippen LogP) is 7.28. The van der Waals surface area contributed by atoms with Crippen molar-refractivity contribution in [2.45, 2.75) is 69.1 Å². The number of rotatable bonds is 18. The minimum absolute atomic E-state index is 0.00104. The van der Waals surface area contributed by atoms with Crippen molar-refractivity contribution in [2.24, 2.45) is 0 Å².